The van der Waals surface area contributed by atoms with Crippen LogP contribution in [0.5, 0.6) is 0 Å². The molecule has 2 unspecified atom stereocenters. The third-order valence-electron chi connectivity index (χ3n) is 4.65. The molecule has 24 heavy (non-hydrogen) atoms. The molecule has 1 saturated heterocycles. The van der Waals surface area contributed by atoms with Gasteiger partial charge in [-0.1, -0.05) is 6.92 Å². The van der Waals surface area contributed by atoms with E-state index < -0.39 is 0 Å². The van der Waals surface area contributed by atoms with E-state index in [4.69, 9.17) is 4.99 Å². The monoisotopic (exact) mass is 345 g/mol. The van der Waals surface area contributed by atoms with Crippen LogP contribution in [-0.2, 0) is 7.05 Å². The third-order valence-corrected chi connectivity index (χ3v) is 5.35. The van der Waals surface area contributed by atoms with E-state index >= 15 is 0 Å². The smallest absolute Gasteiger partial charge is 0.193 e. The predicted octanol–water partition coefficient (Wildman–Crippen LogP) is 3.04. The molecular weight excluding hydrogens is 318 g/mol. The van der Waals surface area contributed by atoms with Crippen molar-refractivity contribution in [2.45, 2.75) is 32.1 Å². The van der Waals surface area contributed by atoms with Gasteiger partial charge in [-0.05, 0) is 41.3 Å². The minimum absolute atomic E-state index is 0.460. The highest BCUT2D eigenvalue weighted by Gasteiger charge is 2.27. The second-order valence-corrected chi connectivity index (χ2v) is 7.31. The number of thiophene rings is 1. The molecule has 1 N–H and O–H groups in total. The summed E-state index contributed by atoms with van der Waals surface area (Å²) in [7, 11) is 1.98. The van der Waals surface area contributed by atoms with E-state index in [0.717, 1.165) is 38.6 Å². The van der Waals surface area contributed by atoms with Crippen LogP contribution in [-0.4, -0.2) is 46.8 Å². The molecule has 2 aromatic rings. The number of hydrogen-bond donors (Lipinski definition) is 1. The van der Waals surface area contributed by atoms with E-state index in [1.807, 2.05) is 17.9 Å². The predicted molar refractivity (Wildman–Crippen MR) is 101 cm³/mol. The Morgan fingerprint density at radius 2 is 2.42 bits per heavy atom. The Morgan fingerprint density at radius 3 is 3.08 bits per heavy atom. The minimum atomic E-state index is 0.460. The third kappa shape index (κ3) is 3.98. The lowest BCUT2D eigenvalue weighted by molar-refractivity contribution is 0.485. The van der Waals surface area contributed by atoms with E-state index in [0.29, 0.717) is 11.8 Å². The lowest BCUT2D eigenvalue weighted by Gasteiger charge is -2.22. The van der Waals surface area contributed by atoms with Crippen LogP contribution in [0.3, 0.4) is 0 Å². The molecule has 0 bridgehead atoms. The van der Waals surface area contributed by atoms with Crippen molar-refractivity contribution < 1.29 is 0 Å². The van der Waals surface area contributed by atoms with Crippen molar-refractivity contribution in [3.05, 3.63) is 40.3 Å². The highest BCUT2D eigenvalue weighted by Crippen LogP contribution is 2.27. The second kappa shape index (κ2) is 7.83. The first-order chi connectivity index (χ1) is 11.7. The van der Waals surface area contributed by atoms with Crippen molar-refractivity contribution in [1.82, 2.24) is 20.0 Å². The summed E-state index contributed by atoms with van der Waals surface area (Å²) < 4.78 is 1.89. The fourth-order valence-electron chi connectivity index (χ4n) is 3.19. The first kappa shape index (κ1) is 17.0. The molecule has 6 heteroatoms. The molecule has 1 fully saturated rings. The number of nitrogens with one attached hydrogen (secondary N) is 1. The van der Waals surface area contributed by atoms with Crippen LogP contribution >= 0.6 is 11.3 Å². The standard InChI is InChI=1S/C18H27N5S/c1-4-19-18(20-9-14(2)16-6-8-24-13-16)23-7-5-15(12-23)17-10-21-22(3)11-17/h6,8,10-11,13-15H,4-5,7,9,12H2,1-3H3,(H,19,20). The molecule has 1 aliphatic heterocycles. The van der Waals surface area contributed by atoms with Gasteiger partial charge >= 0.3 is 0 Å². The largest absolute Gasteiger partial charge is 0.357 e. The number of aromatic nitrogens is 2. The zero-order valence-corrected chi connectivity index (χ0v) is 15.6. The summed E-state index contributed by atoms with van der Waals surface area (Å²) in [5.74, 6) is 2.06. The molecule has 0 aliphatic carbocycles. The van der Waals surface area contributed by atoms with Crippen LogP contribution in [0.4, 0.5) is 0 Å². The molecule has 0 aromatic carbocycles. The van der Waals surface area contributed by atoms with Gasteiger partial charge in [0.05, 0.1) is 6.20 Å². The van der Waals surface area contributed by atoms with Crippen LogP contribution in [0.1, 0.15) is 43.2 Å². The van der Waals surface area contributed by atoms with E-state index in [9.17, 15) is 0 Å². The Balaban J connectivity index is 1.64. The van der Waals surface area contributed by atoms with Gasteiger partial charge < -0.3 is 10.2 Å². The second-order valence-electron chi connectivity index (χ2n) is 6.53. The summed E-state index contributed by atoms with van der Waals surface area (Å²) in [6.45, 7) is 8.18. The maximum Gasteiger partial charge on any atom is 0.193 e. The Labute approximate surface area is 148 Å². The molecule has 130 valence electrons. The summed E-state index contributed by atoms with van der Waals surface area (Å²) in [4.78, 5) is 7.29. The highest BCUT2D eigenvalue weighted by molar-refractivity contribution is 7.07. The first-order valence-corrected chi connectivity index (χ1v) is 9.65. The number of likely N-dealkylation sites (tertiary alicyclic amines) is 1. The van der Waals surface area contributed by atoms with Gasteiger partial charge in [0, 0.05) is 51.3 Å². The molecule has 2 atom stereocenters. The van der Waals surface area contributed by atoms with Gasteiger partial charge in [0.1, 0.15) is 0 Å². The molecule has 3 heterocycles. The average Bonchev–Trinajstić information content (AvgIpc) is 3.30. The molecule has 3 rings (SSSR count). The van der Waals surface area contributed by atoms with Crippen LogP contribution < -0.4 is 5.32 Å². The fraction of sp³-hybridized carbons (Fsp3) is 0.556. The lowest BCUT2D eigenvalue weighted by atomic mass is 10.0. The molecule has 1 aliphatic rings. The zero-order chi connectivity index (χ0) is 16.9. The number of nitrogens with zero attached hydrogens (tertiary/aromatic N) is 4. The van der Waals surface area contributed by atoms with Crippen molar-refractivity contribution in [3.63, 3.8) is 0 Å². The van der Waals surface area contributed by atoms with Crippen molar-refractivity contribution in [1.29, 1.82) is 0 Å². The number of guanidine groups is 1. The van der Waals surface area contributed by atoms with Crippen molar-refractivity contribution >= 4 is 17.3 Å². The zero-order valence-electron chi connectivity index (χ0n) is 14.8. The lowest BCUT2D eigenvalue weighted by Crippen LogP contribution is -2.40. The topological polar surface area (TPSA) is 45.5 Å². The van der Waals surface area contributed by atoms with Crippen LogP contribution in [0, 0.1) is 0 Å². The molecule has 5 nitrogen and oxygen atoms in total. The Hall–Kier alpha value is -1.82. The maximum absolute atomic E-state index is 4.90. The number of hydrogen-bond acceptors (Lipinski definition) is 3. The van der Waals surface area contributed by atoms with Crippen molar-refractivity contribution in [2.24, 2.45) is 12.0 Å². The first-order valence-electron chi connectivity index (χ1n) is 8.71. The number of aryl methyl sites for hydroxylation is 1. The Bertz CT molecular complexity index is 661. The van der Waals surface area contributed by atoms with Crippen LogP contribution in [0.25, 0.3) is 0 Å². The number of rotatable bonds is 5. The summed E-state index contributed by atoms with van der Waals surface area (Å²) in [6.07, 6.45) is 5.30. The fourth-order valence-corrected chi connectivity index (χ4v) is 3.97. The van der Waals surface area contributed by atoms with Crippen LogP contribution in [0.2, 0.25) is 0 Å². The van der Waals surface area contributed by atoms with Crippen molar-refractivity contribution in [3.8, 4) is 0 Å². The van der Waals surface area contributed by atoms with Crippen LogP contribution in [0.15, 0.2) is 34.2 Å². The molecular formula is C18H27N5S. The SMILES string of the molecule is CCNC(=NCC(C)c1ccsc1)N1CCC(c2cnn(C)c2)C1. The van der Waals surface area contributed by atoms with E-state index in [1.165, 1.54) is 11.1 Å². The van der Waals surface area contributed by atoms with E-state index in [2.05, 4.69) is 52.2 Å². The number of aliphatic imine (C=N–C) groups is 1. The van der Waals surface area contributed by atoms with Gasteiger partial charge in [0.15, 0.2) is 5.96 Å². The van der Waals surface area contributed by atoms with Crippen molar-refractivity contribution in [2.75, 3.05) is 26.2 Å². The Kier molecular flexibility index (Phi) is 5.56. The molecule has 0 radical (unpaired) electrons. The molecule has 2 aromatic heterocycles. The minimum Gasteiger partial charge on any atom is -0.357 e. The molecule has 0 spiro atoms. The molecule has 0 amide bonds. The van der Waals surface area contributed by atoms with Gasteiger partial charge in [0.2, 0.25) is 0 Å². The quantitative estimate of drug-likeness (QED) is 0.669. The maximum atomic E-state index is 4.90. The summed E-state index contributed by atoms with van der Waals surface area (Å²) in [5, 5.41) is 12.1. The van der Waals surface area contributed by atoms with E-state index in [-0.39, 0.29) is 0 Å². The molecule has 0 saturated carbocycles. The average molecular weight is 346 g/mol. The van der Waals surface area contributed by atoms with Gasteiger partial charge in [-0.3, -0.25) is 9.67 Å². The van der Waals surface area contributed by atoms with Gasteiger partial charge in [-0.15, -0.1) is 0 Å². The van der Waals surface area contributed by atoms with Gasteiger partial charge in [-0.25, -0.2) is 0 Å². The summed E-state index contributed by atoms with van der Waals surface area (Å²) >= 11 is 1.76. The normalized spacial score (nSPS) is 19.7. The summed E-state index contributed by atoms with van der Waals surface area (Å²) in [5.41, 5.74) is 2.72. The van der Waals surface area contributed by atoms with Gasteiger partial charge in [0.25, 0.3) is 0 Å². The van der Waals surface area contributed by atoms with E-state index in [1.54, 1.807) is 11.3 Å². The highest BCUT2D eigenvalue weighted by atomic mass is 32.1. The Morgan fingerprint density at radius 1 is 1.54 bits per heavy atom. The summed E-state index contributed by atoms with van der Waals surface area (Å²) in [6, 6.07) is 2.20. The van der Waals surface area contributed by atoms with Gasteiger partial charge in [-0.2, -0.15) is 16.4 Å².